The molecule has 0 bridgehead atoms. The van der Waals surface area contributed by atoms with Crippen LogP contribution in [0.1, 0.15) is 19.8 Å². The molecule has 0 saturated carbocycles. The topological polar surface area (TPSA) is 67.6 Å². The second-order valence-corrected chi connectivity index (χ2v) is 3.76. The Hall–Kier alpha value is -0.650. The lowest BCUT2D eigenvalue weighted by Crippen LogP contribution is -2.47. The number of hydrazine groups is 1. The number of amides is 1. The molecule has 2 unspecified atom stereocenters. The van der Waals surface area contributed by atoms with E-state index in [2.05, 4.69) is 5.43 Å². The van der Waals surface area contributed by atoms with Crippen molar-refractivity contribution in [1.82, 2.24) is 10.3 Å². The maximum Gasteiger partial charge on any atom is 0.250 e. The van der Waals surface area contributed by atoms with Gasteiger partial charge in [0, 0.05) is 13.2 Å². The van der Waals surface area contributed by atoms with Crippen molar-refractivity contribution >= 4 is 5.91 Å². The number of carbonyl (C=O) groups excluding carboxylic acids is 1. The molecule has 0 aliphatic carbocycles. The lowest BCUT2D eigenvalue weighted by atomic mass is 10.2. The number of rotatable bonds is 4. The highest BCUT2D eigenvalue weighted by atomic mass is 16.5. The highest BCUT2D eigenvalue weighted by Crippen LogP contribution is 2.13. The summed E-state index contributed by atoms with van der Waals surface area (Å²) in [6.45, 7) is 3.46. The molecule has 0 radical (unpaired) electrons. The first kappa shape index (κ1) is 11.4. The Kier molecular flexibility index (Phi) is 4.31. The minimum absolute atomic E-state index is 0.162. The number of hydrogen-bond donors (Lipinski definition) is 2. The molecule has 1 heterocycles. The fourth-order valence-corrected chi connectivity index (χ4v) is 1.59. The number of carbonyl (C=O) groups is 1. The lowest BCUT2D eigenvalue weighted by Gasteiger charge is -2.25. The molecule has 1 rings (SSSR count). The highest BCUT2D eigenvalue weighted by Gasteiger charge is 2.22. The molecule has 1 aliphatic rings. The molecular formula is C9H19N3O2. The molecule has 14 heavy (non-hydrogen) atoms. The summed E-state index contributed by atoms with van der Waals surface area (Å²) in [6.07, 6.45) is 2.48. The zero-order valence-corrected chi connectivity index (χ0v) is 8.82. The third kappa shape index (κ3) is 2.94. The monoisotopic (exact) mass is 201 g/mol. The normalized spacial score (nSPS) is 23.9. The summed E-state index contributed by atoms with van der Waals surface area (Å²) >= 11 is 0. The fourth-order valence-electron chi connectivity index (χ4n) is 1.59. The Balaban J connectivity index is 2.32. The van der Waals surface area contributed by atoms with Crippen LogP contribution in [0.2, 0.25) is 0 Å². The molecule has 1 aliphatic heterocycles. The first-order valence-electron chi connectivity index (χ1n) is 4.97. The van der Waals surface area contributed by atoms with E-state index in [-0.39, 0.29) is 18.1 Å². The van der Waals surface area contributed by atoms with Gasteiger partial charge in [-0.15, -0.1) is 0 Å². The maximum atomic E-state index is 11.2. The van der Waals surface area contributed by atoms with Gasteiger partial charge in [0.15, 0.2) is 0 Å². The average Bonchev–Trinajstić information content (AvgIpc) is 2.68. The lowest BCUT2D eigenvalue weighted by molar-refractivity contribution is -0.125. The van der Waals surface area contributed by atoms with Gasteiger partial charge < -0.3 is 4.74 Å². The molecule has 0 spiro atoms. The van der Waals surface area contributed by atoms with Crippen LogP contribution in [0.25, 0.3) is 0 Å². The summed E-state index contributed by atoms with van der Waals surface area (Å²) in [7, 11) is 1.90. The van der Waals surface area contributed by atoms with Gasteiger partial charge in [-0.3, -0.25) is 15.1 Å². The number of nitrogens with zero attached hydrogens (tertiary/aromatic N) is 1. The molecule has 0 aromatic heterocycles. The first-order valence-corrected chi connectivity index (χ1v) is 4.97. The van der Waals surface area contributed by atoms with Gasteiger partial charge in [-0.05, 0) is 26.8 Å². The van der Waals surface area contributed by atoms with Crippen molar-refractivity contribution in [2.45, 2.75) is 31.9 Å². The smallest absolute Gasteiger partial charge is 0.250 e. The molecule has 1 amide bonds. The van der Waals surface area contributed by atoms with Crippen LogP contribution in [0.4, 0.5) is 0 Å². The number of nitrogens with two attached hydrogens (primary N) is 1. The standard InChI is InChI=1S/C9H19N3O2/c1-7(9(13)11-10)12(2)6-8-4-3-5-14-8/h7-8H,3-6,10H2,1-2H3,(H,11,13). The fraction of sp³-hybridized carbons (Fsp3) is 0.889. The minimum atomic E-state index is -0.204. The Labute approximate surface area is 84.5 Å². The van der Waals surface area contributed by atoms with Gasteiger partial charge in [0.1, 0.15) is 0 Å². The Morgan fingerprint density at radius 2 is 2.50 bits per heavy atom. The quantitative estimate of drug-likeness (QED) is 0.365. The van der Waals surface area contributed by atoms with E-state index < -0.39 is 0 Å². The number of hydrogen-bond acceptors (Lipinski definition) is 4. The number of likely N-dealkylation sites (N-methyl/N-ethyl adjacent to an activating group) is 1. The average molecular weight is 201 g/mol. The second-order valence-electron chi connectivity index (χ2n) is 3.76. The zero-order valence-electron chi connectivity index (χ0n) is 8.82. The van der Waals surface area contributed by atoms with Crippen molar-refractivity contribution in [3.63, 3.8) is 0 Å². The van der Waals surface area contributed by atoms with E-state index >= 15 is 0 Å². The molecule has 5 nitrogen and oxygen atoms in total. The summed E-state index contributed by atoms with van der Waals surface area (Å²) in [5.41, 5.74) is 2.15. The van der Waals surface area contributed by atoms with Crippen LogP contribution >= 0.6 is 0 Å². The van der Waals surface area contributed by atoms with Crippen LogP contribution in [-0.4, -0.2) is 43.2 Å². The van der Waals surface area contributed by atoms with Crippen LogP contribution in [0.3, 0.4) is 0 Å². The largest absolute Gasteiger partial charge is 0.377 e. The summed E-state index contributed by atoms with van der Waals surface area (Å²) in [4.78, 5) is 13.2. The van der Waals surface area contributed by atoms with E-state index in [0.717, 1.165) is 26.0 Å². The summed E-state index contributed by atoms with van der Waals surface area (Å²) in [6, 6.07) is -0.204. The summed E-state index contributed by atoms with van der Waals surface area (Å²) in [5, 5.41) is 0. The predicted molar refractivity (Wildman–Crippen MR) is 53.4 cm³/mol. The van der Waals surface area contributed by atoms with E-state index in [1.54, 1.807) is 0 Å². The highest BCUT2D eigenvalue weighted by molar-refractivity contribution is 5.80. The molecular weight excluding hydrogens is 182 g/mol. The van der Waals surface area contributed by atoms with Crippen molar-refractivity contribution in [3.8, 4) is 0 Å². The second kappa shape index (κ2) is 5.29. The minimum Gasteiger partial charge on any atom is -0.377 e. The Bertz CT molecular complexity index is 192. The first-order chi connectivity index (χ1) is 6.65. The van der Waals surface area contributed by atoms with Gasteiger partial charge in [0.05, 0.1) is 12.1 Å². The third-order valence-electron chi connectivity index (χ3n) is 2.70. The molecule has 0 aromatic rings. The molecule has 1 saturated heterocycles. The van der Waals surface area contributed by atoms with E-state index in [0.29, 0.717) is 0 Å². The number of ether oxygens (including phenoxy) is 1. The molecule has 82 valence electrons. The van der Waals surface area contributed by atoms with Crippen LogP contribution in [0, 0.1) is 0 Å². The molecule has 1 fully saturated rings. The molecule has 2 atom stereocenters. The van der Waals surface area contributed by atoms with Crippen molar-refractivity contribution in [3.05, 3.63) is 0 Å². The number of nitrogens with one attached hydrogen (secondary N) is 1. The molecule has 0 aromatic carbocycles. The van der Waals surface area contributed by atoms with E-state index in [1.807, 2.05) is 18.9 Å². The van der Waals surface area contributed by atoms with Gasteiger partial charge in [-0.2, -0.15) is 0 Å². The van der Waals surface area contributed by atoms with Crippen molar-refractivity contribution in [2.24, 2.45) is 5.84 Å². The third-order valence-corrected chi connectivity index (χ3v) is 2.70. The Morgan fingerprint density at radius 3 is 3.00 bits per heavy atom. The zero-order chi connectivity index (χ0) is 10.6. The summed E-state index contributed by atoms with van der Waals surface area (Å²) < 4.78 is 5.48. The Morgan fingerprint density at radius 1 is 1.79 bits per heavy atom. The van der Waals surface area contributed by atoms with Gasteiger partial charge in [-0.1, -0.05) is 0 Å². The van der Waals surface area contributed by atoms with Gasteiger partial charge in [0.25, 0.3) is 5.91 Å². The van der Waals surface area contributed by atoms with Gasteiger partial charge in [0.2, 0.25) is 0 Å². The van der Waals surface area contributed by atoms with E-state index in [9.17, 15) is 4.79 Å². The molecule has 3 N–H and O–H groups in total. The summed E-state index contributed by atoms with van der Waals surface area (Å²) in [5.74, 6) is 4.90. The maximum absolute atomic E-state index is 11.2. The van der Waals surface area contributed by atoms with E-state index in [1.165, 1.54) is 0 Å². The van der Waals surface area contributed by atoms with Crippen LogP contribution < -0.4 is 11.3 Å². The van der Waals surface area contributed by atoms with Crippen LogP contribution in [0.5, 0.6) is 0 Å². The van der Waals surface area contributed by atoms with Crippen LogP contribution in [-0.2, 0) is 9.53 Å². The predicted octanol–water partition coefficient (Wildman–Crippen LogP) is -0.524. The van der Waals surface area contributed by atoms with E-state index in [4.69, 9.17) is 10.6 Å². The SMILES string of the molecule is CC(C(=O)NN)N(C)CC1CCCO1. The van der Waals surface area contributed by atoms with Gasteiger partial charge in [-0.25, -0.2) is 5.84 Å². The van der Waals surface area contributed by atoms with Crippen molar-refractivity contribution in [1.29, 1.82) is 0 Å². The van der Waals surface area contributed by atoms with Crippen LogP contribution in [0.15, 0.2) is 0 Å². The van der Waals surface area contributed by atoms with Crippen molar-refractivity contribution < 1.29 is 9.53 Å². The molecule has 5 heteroatoms. The van der Waals surface area contributed by atoms with Crippen molar-refractivity contribution in [2.75, 3.05) is 20.2 Å². The van der Waals surface area contributed by atoms with Gasteiger partial charge >= 0.3 is 0 Å².